The van der Waals surface area contributed by atoms with Crippen molar-refractivity contribution in [1.29, 1.82) is 0 Å². The molecule has 0 saturated carbocycles. The molecule has 0 aromatic heterocycles. The Morgan fingerprint density at radius 2 is 0.429 bits per heavy atom. The quantitative estimate of drug-likeness (QED) is 0.0320. The van der Waals surface area contributed by atoms with Crippen molar-refractivity contribution < 1.29 is 19.7 Å². The number of anilines is 12. The Morgan fingerprint density at radius 1 is 0.232 bits per heavy atom. The molecule has 0 saturated heterocycles. The third-order valence-corrected chi connectivity index (χ3v) is 25.7. The van der Waals surface area contributed by atoms with Crippen LogP contribution in [0.25, 0.3) is 0 Å². The van der Waals surface area contributed by atoms with Crippen LogP contribution in [0.5, 0.6) is 11.5 Å². The Hall–Kier alpha value is -10.1. The van der Waals surface area contributed by atoms with E-state index in [1.807, 2.05) is 12.1 Å². The molecule has 0 spiro atoms. The maximum absolute atomic E-state index is 11.6. The van der Waals surface area contributed by atoms with Crippen LogP contribution in [0.2, 0.25) is 0 Å². The molecule has 562 valence electrons. The molecule has 0 aliphatic rings. The van der Waals surface area contributed by atoms with Gasteiger partial charge in [-0.1, -0.05) is 187 Å². The SMILES string of the molecule is Cc1ccc(N(c2ccc(C)cc2)c2ccc(OCC(O)CSc3ccc(Sc4ccc(SSc5ccc(Sc6ccc(SCC(O)COc7ccc(N(c8ccc(C)cc8)c8ccc(C)cc8)cc7N(c7ccc(C)cc7)c7ccc(C)cc7)cc6)cc5)cc4)cc3)c(N(c3ccc(C)cc3)c3ccc(C)cc3)c2)cc1. The number of aliphatic hydroxyl groups excluding tert-OH is 2. The number of hydrogen-bond acceptors (Lipinski definition) is 14. The van der Waals surface area contributed by atoms with E-state index in [1.54, 1.807) is 68.6 Å². The standard InChI is InChI=1S/C98H90N4O4S6/c1-67-9-25-75(26-10-67)99(76-27-11-68(2)12-28-76)83-41-59-97(95(61-83)101(79-33-17-71(5)18-34-79)80-35-19-72(6)20-36-80)105-63-85(103)65-107-87-43-47-89(48-44-87)109-91-51-55-93(56-52-91)111-112-94-57-53-92(54-58-94)110-90-49-45-88(46-50-90)108-66-86(104)64-106-98-60-42-84(100(77-29-13-69(3)14-30-77)78-31-15-70(4)16-32-78)62-96(98)102(81-37-21-73(7)22-38-81)82-39-23-74(8)24-40-82/h9-62,85-86,103-104H,63-66H2,1-8H3. The third-order valence-electron chi connectivity index (χ3n) is 19.0. The van der Waals surface area contributed by atoms with Gasteiger partial charge in [-0.05, 0) is 286 Å². The summed E-state index contributed by atoms with van der Waals surface area (Å²) in [6, 6.07) is 116. The number of aliphatic hydroxyl groups is 2. The van der Waals surface area contributed by atoms with Crippen molar-refractivity contribution in [3.05, 3.63) is 372 Å². The van der Waals surface area contributed by atoms with E-state index in [9.17, 15) is 10.2 Å². The van der Waals surface area contributed by atoms with E-state index < -0.39 is 12.2 Å². The normalized spacial score (nSPS) is 11.8. The van der Waals surface area contributed by atoms with E-state index in [1.165, 1.54) is 64.1 Å². The number of nitrogens with zero attached hydrogens (tertiary/aromatic N) is 4. The Morgan fingerprint density at radius 3 is 0.661 bits per heavy atom. The van der Waals surface area contributed by atoms with E-state index in [0.717, 1.165) is 87.8 Å². The minimum Gasteiger partial charge on any atom is -0.489 e. The summed E-state index contributed by atoms with van der Waals surface area (Å²) in [6.45, 7) is 17.1. The van der Waals surface area contributed by atoms with Gasteiger partial charge in [0, 0.05) is 108 Å². The molecule has 2 atom stereocenters. The maximum Gasteiger partial charge on any atom is 0.143 e. The van der Waals surface area contributed by atoms with Gasteiger partial charge in [0.1, 0.15) is 24.7 Å². The summed E-state index contributed by atoms with van der Waals surface area (Å²) in [6.07, 6.45) is -1.47. The lowest BCUT2D eigenvalue weighted by Gasteiger charge is -2.31. The minimum absolute atomic E-state index is 0.115. The van der Waals surface area contributed by atoms with Crippen LogP contribution in [0.4, 0.5) is 68.2 Å². The van der Waals surface area contributed by atoms with Crippen LogP contribution in [0.1, 0.15) is 44.5 Å². The molecule has 112 heavy (non-hydrogen) atoms. The predicted octanol–water partition coefficient (Wildman–Crippen LogP) is 28.2. The lowest BCUT2D eigenvalue weighted by atomic mass is 10.1. The molecule has 0 heterocycles. The van der Waals surface area contributed by atoms with Crippen LogP contribution in [0.15, 0.2) is 367 Å². The number of thioether (sulfide) groups is 2. The highest BCUT2D eigenvalue weighted by atomic mass is 33.1. The van der Waals surface area contributed by atoms with Crippen molar-refractivity contribution in [2.45, 2.75) is 107 Å². The smallest absolute Gasteiger partial charge is 0.143 e. The highest BCUT2D eigenvalue weighted by Crippen LogP contribution is 2.49. The molecule has 14 heteroatoms. The zero-order valence-corrected chi connectivity index (χ0v) is 69.0. The van der Waals surface area contributed by atoms with Gasteiger partial charge in [-0.25, -0.2) is 0 Å². The topological polar surface area (TPSA) is 71.9 Å². The number of hydrogen-bond donors (Lipinski definition) is 2. The maximum atomic E-state index is 11.6. The minimum atomic E-state index is -0.733. The number of aryl methyl sites for hydroxylation is 8. The van der Waals surface area contributed by atoms with Crippen molar-refractivity contribution in [2.75, 3.05) is 44.3 Å². The first-order valence-electron chi connectivity index (χ1n) is 37.5. The molecule has 14 aromatic rings. The second kappa shape index (κ2) is 37.5. The van der Waals surface area contributed by atoms with Gasteiger partial charge < -0.3 is 39.3 Å². The van der Waals surface area contributed by atoms with E-state index in [-0.39, 0.29) is 13.2 Å². The molecular formula is C98H90N4O4S6. The van der Waals surface area contributed by atoms with Gasteiger partial charge in [0.05, 0.1) is 23.6 Å². The fourth-order valence-corrected chi connectivity index (χ4v) is 17.9. The first-order chi connectivity index (χ1) is 54.5. The summed E-state index contributed by atoms with van der Waals surface area (Å²) in [4.78, 5) is 18.2. The molecule has 2 unspecified atom stereocenters. The van der Waals surface area contributed by atoms with Gasteiger partial charge in [0.15, 0.2) is 0 Å². The Bertz CT molecular complexity index is 4850. The summed E-state index contributed by atoms with van der Waals surface area (Å²) in [5.41, 5.74) is 21.3. The van der Waals surface area contributed by atoms with Gasteiger partial charge >= 0.3 is 0 Å². The molecule has 8 nitrogen and oxygen atoms in total. The van der Waals surface area contributed by atoms with Crippen molar-refractivity contribution in [3.8, 4) is 11.5 Å². The van der Waals surface area contributed by atoms with Crippen LogP contribution in [0, 0.1) is 55.4 Å². The Labute approximate surface area is 685 Å². The summed E-state index contributed by atoms with van der Waals surface area (Å²) in [7, 11) is 3.51. The van der Waals surface area contributed by atoms with Crippen molar-refractivity contribution in [3.63, 3.8) is 0 Å². The molecule has 2 N–H and O–H groups in total. The first-order valence-corrected chi connectivity index (χ1v) is 43.3. The molecule has 14 aromatic carbocycles. The van der Waals surface area contributed by atoms with Gasteiger partial charge in [0.25, 0.3) is 0 Å². The predicted molar refractivity (Wildman–Crippen MR) is 480 cm³/mol. The van der Waals surface area contributed by atoms with Crippen LogP contribution < -0.4 is 29.1 Å². The highest BCUT2D eigenvalue weighted by molar-refractivity contribution is 8.76. The molecule has 0 bridgehead atoms. The molecule has 0 radical (unpaired) electrons. The summed E-state index contributed by atoms with van der Waals surface area (Å²) in [5.74, 6) is 2.26. The largest absolute Gasteiger partial charge is 0.489 e. The van der Waals surface area contributed by atoms with Crippen molar-refractivity contribution >= 4 is 137 Å². The summed E-state index contributed by atoms with van der Waals surface area (Å²) in [5, 5.41) is 23.2. The average molecular weight is 1580 g/mol. The van der Waals surface area contributed by atoms with Crippen molar-refractivity contribution in [2.24, 2.45) is 0 Å². The van der Waals surface area contributed by atoms with Crippen LogP contribution in [-0.2, 0) is 0 Å². The number of benzene rings is 14. The molecule has 0 amide bonds. The van der Waals surface area contributed by atoms with Crippen molar-refractivity contribution in [1.82, 2.24) is 0 Å². The lowest BCUT2D eigenvalue weighted by molar-refractivity contribution is 0.126. The second-order valence-electron chi connectivity index (χ2n) is 28.1. The van der Waals surface area contributed by atoms with Crippen LogP contribution >= 0.6 is 68.6 Å². The van der Waals surface area contributed by atoms with Gasteiger partial charge in [-0.2, -0.15) is 0 Å². The summed E-state index contributed by atoms with van der Waals surface area (Å²) < 4.78 is 13.4. The molecule has 14 rings (SSSR count). The van der Waals surface area contributed by atoms with Crippen LogP contribution in [0.3, 0.4) is 0 Å². The fourth-order valence-electron chi connectivity index (χ4n) is 12.7. The van der Waals surface area contributed by atoms with E-state index >= 15 is 0 Å². The van der Waals surface area contributed by atoms with E-state index in [2.05, 4.69) is 390 Å². The Balaban J connectivity index is 0.556. The second-order valence-corrected chi connectivity index (χ2v) is 34.9. The summed E-state index contributed by atoms with van der Waals surface area (Å²) >= 11 is 6.72. The highest BCUT2D eigenvalue weighted by Gasteiger charge is 2.25. The van der Waals surface area contributed by atoms with Gasteiger partial charge in [-0.15, -0.1) is 23.5 Å². The molecule has 0 fully saturated rings. The van der Waals surface area contributed by atoms with Crippen LogP contribution in [-0.4, -0.2) is 47.1 Å². The van der Waals surface area contributed by atoms with Gasteiger partial charge in [-0.3, -0.25) is 0 Å². The van der Waals surface area contributed by atoms with E-state index in [0.29, 0.717) is 23.0 Å². The monoisotopic (exact) mass is 1580 g/mol. The zero-order valence-electron chi connectivity index (χ0n) is 64.1. The Kier molecular flexibility index (Phi) is 26.3. The lowest BCUT2D eigenvalue weighted by Crippen LogP contribution is -2.21. The molecule has 0 aliphatic heterocycles. The molecular weight excluding hydrogens is 1490 g/mol. The fraction of sp³-hybridized carbons (Fsp3) is 0.143. The molecule has 0 aliphatic carbocycles. The van der Waals surface area contributed by atoms with Gasteiger partial charge in [0.2, 0.25) is 0 Å². The average Bonchev–Trinajstić information content (AvgIpc) is 0.777. The van der Waals surface area contributed by atoms with E-state index in [4.69, 9.17) is 9.47 Å². The first kappa shape index (κ1) is 78.6. The number of rotatable bonds is 31. The third kappa shape index (κ3) is 20.8. The number of ether oxygens (including phenoxy) is 2. The zero-order chi connectivity index (χ0) is 77.5.